The van der Waals surface area contributed by atoms with E-state index in [0.29, 0.717) is 24.0 Å². The molecular weight excluding hydrogens is 274 g/mol. The highest BCUT2D eigenvalue weighted by atomic mass is 16.5. The van der Waals surface area contributed by atoms with E-state index in [4.69, 9.17) is 9.26 Å². The van der Waals surface area contributed by atoms with Gasteiger partial charge in [-0.2, -0.15) is 4.98 Å². The summed E-state index contributed by atoms with van der Waals surface area (Å²) in [5, 5.41) is 11.8. The molecular formula is C13H19N5O3. The number of esters is 1. The number of carbonyl (C=O) groups excluding carboxylic acids is 1. The van der Waals surface area contributed by atoms with Crippen molar-refractivity contribution in [2.75, 3.05) is 6.61 Å². The van der Waals surface area contributed by atoms with Crippen LogP contribution in [0.15, 0.2) is 4.52 Å². The van der Waals surface area contributed by atoms with Gasteiger partial charge in [0.15, 0.2) is 11.5 Å². The second kappa shape index (κ2) is 5.63. The smallest absolute Gasteiger partial charge is 0.360 e. The summed E-state index contributed by atoms with van der Waals surface area (Å²) in [6.07, 6.45) is 0. The molecule has 0 unspecified atom stereocenters. The van der Waals surface area contributed by atoms with E-state index in [1.807, 2.05) is 20.8 Å². The van der Waals surface area contributed by atoms with Crippen LogP contribution in [0.2, 0.25) is 0 Å². The van der Waals surface area contributed by atoms with Crippen LogP contribution in [0, 0.1) is 6.92 Å². The Morgan fingerprint density at radius 3 is 2.62 bits per heavy atom. The van der Waals surface area contributed by atoms with E-state index in [0.717, 1.165) is 0 Å². The highest BCUT2D eigenvalue weighted by Gasteiger charge is 2.30. The van der Waals surface area contributed by atoms with Crippen LogP contribution in [-0.2, 0) is 16.7 Å². The Bertz CT molecular complexity index is 639. The average molecular weight is 293 g/mol. The van der Waals surface area contributed by atoms with E-state index in [1.54, 1.807) is 18.5 Å². The van der Waals surface area contributed by atoms with E-state index in [9.17, 15) is 4.79 Å². The van der Waals surface area contributed by atoms with Crippen LogP contribution in [-0.4, -0.2) is 37.7 Å². The number of aromatic nitrogens is 5. The molecule has 2 rings (SSSR count). The molecule has 2 aromatic rings. The number of aryl methyl sites for hydroxylation is 1. The highest BCUT2D eigenvalue weighted by molar-refractivity contribution is 5.88. The van der Waals surface area contributed by atoms with Gasteiger partial charge < -0.3 is 9.26 Å². The van der Waals surface area contributed by atoms with E-state index in [-0.39, 0.29) is 17.7 Å². The zero-order valence-electron chi connectivity index (χ0n) is 12.9. The number of rotatable bonds is 4. The summed E-state index contributed by atoms with van der Waals surface area (Å²) < 4.78 is 11.6. The van der Waals surface area contributed by atoms with Gasteiger partial charge >= 0.3 is 5.97 Å². The van der Waals surface area contributed by atoms with Crippen molar-refractivity contribution in [1.82, 2.24) is 25.1 Å². The lowest BCUT2D eigenvalue weighted by Crippen LogP contribution is -2.23. The molecule has 0 aliphatic heterocycles. The molecule has 2 aromatic heterocycles. The normalized spacial score (nSPS) is 11.7. The second-order valence-corrected chi connectivity index (χ2v) is 5.64. The van der Waals surface area contributed by atoms with Crippen LogP contribution < -0.4 is 0 Å². The second-order valence-electron chi connectivity index (χ2n) is 5.64. The van der Waals surface area contributed by atoms with Gasteiger partial charge in [0.2, 0.25) is 5.89 Å². The molecule has 0 aromatic carbocycles. The first-order valence-electron chi connectivity index (χ1n) is 6.73. The topological polar surface area (TPSA) is 95.9 Å². The maximum Gasteiger partial charge on any atom is 0.360 e. The van der Waals surface area contributed by atoms with Crippen molar-refractivity contribution in [2.45, 2.75) is 46.6 Å². The summed E-state index contributed by atoms with van der Waals surface area (Å²) >= 11 is 0. The summed E-state index contributed by atoms with van der Waals surface area (Å²) in [6, 6.07) is 0. The molecule has 114 valence electrons. The third-order valence-corrected chi connectivity index (χ3v) is 2.78. The van der Waals surface area contributed by atoms with Crippen molar-refractivity contribution >= 4 is 5.97 Å². The Labute approximate surface area is 122 Å². The first kappa shape index (κ1) is 15.1. The fourth-order valence-electron chi connectivity index (χ4n) is 2.04. The molecule has 0 spiro atoms. The number of nitrogens with zero attached hydrogens (tertiary/aromatic N) is 5. The molecule has 0 bridgehead atoms. The zero-order chi connectivity index (χ0) is 15.6. The van der Waals surface area contributed by atoms with Crippen LogP contribution in [0.3, 0.4) is 0 Å². The van der Waals surface area contributed by atoms with E-state index < -0.39 is 5.97 Å². The lowest BCUT2D eigenvalue weighted by atomic mass is 9.90. The van der Waals surface area contributed by atoms with Gasteiger partial charge in [0.25, 0.3) is 0 Å². The molecule has 0 radical (unpaired) electrons. The summed E-state index contributed by atoms with van der Waals surface area (Å²) in [6.45, 7) is 9.98. The van der Waals surface area contributed by atoms with E-state index >= 15 is 0 Å². The molecule has 0 fully saturated rings. The molecule has 0 aliphatic carbocycles. The van der Waals surface area contributed by atoms with Crippen molar-refractivity contribution < 1.29 is 14.1 Å². The van der Waals surface area contributed by atoms with Gasteiger partial charge in [0, 0.05) is 12.3 Å². The molecule has 0 saturated carbocycles. The minimum atomic E-state index is -0.474. The lowest BCUT2D eigenvalue weighted by molar-refractivity contribution is 0.0516. The fraction of sp³-hybridized carbons (Fsp3) is 0.615. The fourth-order valence-corrected chi connectivity index (χ4v) is 2.04. The molecule has 8 heteroatoms. The minimum absolute atomic E-state index is 0.226. The Morgan fingerprint density at radius 1 is 1.38 bits per heavy atom. The highest BCUT2D eigenvalue weighted by Crippen LogP contribution is 2.25. The van der Waals surface area contributed by atoms with Crippen molar-refractivity contribution in [2.24, 2.45) is 0 Å². The number of ether oxygens (including phenoxy) is 1. The molecule has 2 heterocycles. The molecule has 0 atom stereocenters. The summed E-state index contributed by atoms with van der Waals surface area (Å²) in [4.78, 5) is 16.1. The molecule has 8 nitrogen and oxygen atoms in total. The monoisotopic (exact) mass is 293 g/mol. The minimum Gasteiger partial charge on any atom is -0.461 e. The standard InChI is InChI=1S/C13H19N5O3/c1-6-20-12(19)10-11(13(3,4)5)18(17-15-10)7-9-14-8(2)21-16-9/h6-7H2,1-5H3. The Morgan fingerprint density at radius 2 is 2.10 bits per heavy atom. The van der Waals surface area contributed by atoms with Gasteiger partial charge in [-0.05, 0) is 6.92 Å². The molecule has 0 aliphatic rings. The lowest BCUT2D eigenvalue weighted by Gasteiger charge is -2.20. The number of hydrogen-bond acceptors (Lipinski definition) is 7. The maximum absolute atomic E-state index is 12.0. The quantitative estimate of drug-likeness (QED) is 0.788. The van der Waals surface area contributed by atoms with E-state index in [2.05, 4.69) is 20.5 Å². The predicted molar refractivity (Wildman–Crippen MR) is 72.8 cm³/mol. The van der Waals surface area contributed by atoms with Gasteiger partial charge in [-0.3, -0.25) is 0 Å². The van der Waals surface area contributed by atoms with E-state index in [1.165, 1.54) is 0 Å². The summed E-state index contributed by atoms with van der Waals surface area (Å²) in [7, 11) is 0. The number of hydrogen-bond donors (Lipinski definition) is 0. The van der Waals surface area contributed by atoms with Crippen molar-refractivity contribution in [1.29, 1.82) is 0 Å². The van der Waals surface area contributed by atoms with Crippen molar-refractivity contribution in [3.63, 3.8) is 0 Å². The van der Waals surface area contributed by atoms with Gasteiger partial charge in [0.1, 0.15) is 6.54 Å². The summed E-state index contributed by atoms with van der Waals surface area (Å²) in [5.41, 5.74) is 0.581. The van der Waals surface area contributed by atoms with Crippen molar-refractivity contribution in [3.8, 4) is 0 Å². The molecule has 0 N–H and O–H groups in total. The number of carbonyl (C=O) groups is 1. The Hall–Kier alpha value is -2.25. The van der Waals surface area contributed by atoms with Crippen LogP contribution >= 0.6 is 0 Å². The Kier molecular flexibility index (Phi) is 4.06. The zero-order valence-corrected chi connectivity index (χ0v) is 12.9. The largest absolute Gasteiger partial charge is 0.461 e. The maximum atomic E-state index is 12.0. The van der Waals surface area contributed by atoms with Gasteiger partial charge in [-0.15, -0.1) is 5.10 Å². The summed E-state index contributed by atoms with van der Waals surface area (Å²) in [5.74, 6) is 0.490. The van der Waals surface area contributed by atoms with Gasteiger partial charge in [-0.1, -0.05) is 31.1 Å². The SMILES string of the molecule is CCOC(=O)c1nnn(Cc2noc(C)n2)c1C(C)(C)C. The Balaban J connectivity index is 2.39. The third kappa shape index (κ3) is 3.26. The first-order valence-corrected chi connectivity index (χ1v) is 6.73. The van der Waals surface area contributed by atoms with Crippen LogP contribution in [0.1, 0.15) is 55.6 Å². The van der Waals surface area contributed by atoms with Gasteiger partial charge in [-0.25, -0.2) is 9.48 Å². The van der Waals surface area contributed by atoms with Gasteiger partial charge in [0.05, 0.1) is 12.3 Å². The molecule has 0 saturated heterocycles. The van der Waals surface area contributed by atoms with Crippen molar-refractivity contribution in [3.05, 3.63) is 23.1 Å². The third-order valence-electron chi connectivity index (χ3n) is 2.78. The van der Waals surface area contributed by atoms with Crippen LogP contribution in [0.4, 0.5) is 0 Å². The van der Waals surface area contributed by atoms with Crippen LogP contribution in [0.5, 0.6) is 0 Å². The average Bonchev–Trinajstić information content (AvgIpc) is 2.96. The van der Waals surface area contributed by atoms with Crippen LogP contribution in [0.25, 0.3) is 0 Å². The molecule has 21 heavy (non-hydrogen) atoms. The predicted octanol–water partition coefficient (Wildman–Crippen LogP) is 1.49. The first-order chi connectivity index (χ1) is 9.82. The molecule has 0 amide bonds.